The summed E-state index contributed by atoms with van der Waals surface area (Å²) in [5.41, 5.74) is 6.07. The van der Waals surface area contributed by atoms with Gasteiger partial charge in [0.2, 0.25) is 0 Å². The Hall–Kier alpha value is -0.670. The van der Waals surface area contributed by atoms with Crippen LogP contribution >= 0.6 is 15.9 Å². The maximum atomic E-state index is 13.5. The number of hydrogen-bond acceptors (Lipinski definition) is 1. The van der Waals surface area contributed by atoms with Gasteiger partial charge in [-0.3, -0.25) is 0 Å². The molecule has 82 valence electrons. The van der Waals surface area contributed by atoms with Gasteiger partial charge in [0.1, 0.15) is 5.82 Å². The smallest absolute Gasteiger partial charge is 0.127 e. The summed E-state index contributed by atoms with van der Waals surface area (Å²) in [5, 5.41) is 0. The van der Waals surface area contributed by atoms with E-state index in [1.54, 1.807) is 12.1 Å². The zero-order valence-electron chi connectivity index (χ0n) is 8.76. The van der Waals surface area contributed by atoms with E-state index in [1.807, 2.05) is 13.0 Å². The van der Waals surface area contributed by atoms with E-state index in [-0.39, 0.29) is 11.2 Å². The third-order valence-electron chi connectivity index (χ3n) is 2.57. The second-order valence-electron chi connectivity index (χ2n) is 3.97. The Bertz CT molecular complexity index is 365. The quantitative estimate of drug-likeness (QED) is 0.836. The van der Waals surface area contributed by atoms with Gasteiger partial charge in [0.25, 0.3) is 0 Å². The van der Waals surface area contributed by atoms with Crippen molar-refractivity contribution >= 4 is 15.9 Å². The van der Waals surface area contributed by atoms with Gasteiger partial charge in [-0.25, -0.2) is 4.39 Å². The molecule has 1 unspecified atom stereocenters. The Labute approximate surface area is 98.3 Å². The molecule has 0 saturated carbocycles. The van der Waals surface area contributed by atoms with Crippen molar-refractivity contribution in [3.63, 3.8) is 0 Å². The van der Waals surface area contributed by atoms with Gasteiger partial charge >= 0.3 is 0 Å². The Morgan fingerprint density at radius 2 is 2.27 bits per heavy atom. The van der Waals surface area contributed by atoms with Crippen LogP contribution in [-0.4, -0.2) is 6.54 Å². The fourth-order valence-electron chi connectivity index (χ4n) is 1.33. The molecule has 1 atom stereocenters. The average Bonchev–Trinajstić information content (AvgIpc) is 2.22. The maximum Gasteiger partial charge on any atom is 0.127 e. The Morgan fingerprint density at radius 1 is 1.60 bits per heavy atom. The first-order valence-electron chi connectivity index (χ1n) is 4.78. The first-order chi connectivity index (χ1) is 7.00. The number of nitrogens with two attached hydrogens (primary N) is 1. The van der Waals surface area contributed by atoms with Crippen molar-refractivity contribution < 1.29 is 4.39 Å². The molecule has 0 fully saturated rings. The third kappa shape index (κ3) is 3.14. The fraction of sp³-hybridized carbons (Fsp3) is 0.333. The minimum absolute atomic E-state index is 0.203. The fourth-order valence-corrected chi connectivity index (χ4v) is 1.66. The lowest BCUT2D eigenvalue weighted by Crippen LogP contribution is -2.27. The Balaban J connectivity index is 2.94. The van der Waals surface area contributed by atoms with Gasteiger partial charge in [-0.15, -0.1) is 6.58 Å². The molecule has 0 aliphatic carbocycles. The molecule has 1 nitrogen and oxygen atoms in total. The van der Waals surface area contributed by atoms with E-state index in [0.717, 1.165) is 4.47 Å². The summed E-state index contributed by atoms with van der Waals surface area (Å²) in [5.74, 6) is -0.203. The van der Waals surface area contributed by atoms with Crippen LogP contribution in [0.15, 0.2) is 35.3 Å². The van der Waals surface area contributed by atoms with Crippen LogP contribution in [0.2, 0.25) is 0 Å². The lowest BCUT2D eigenvalue weighted by molar-refractivity contribution is 0.428. The maximum absolute atomic E-state index is 13.5. The number of benzene rings is 1. The van der Waals surface area contributed by atoms with E-state index in [2.05, 4.69) is 22.5 Å². The summed E-state index contributed by atoms with van der Waals surface area (Å²) in [6, 6.07) is 5.07. The molecule has 0 saturated heterocycles. The molecule has 1 aromatic carbocycles. The van der Waals surface area contributed by atoms with E-state index < -0.39 is 0 Å². The van der Waals surface area contributed by atoms with Gasteiger partial charge in [0.05, 0.1) is 0 Å². The predicted molar refractivity (Wildman–Crippen MR) is 65.2 cm³/mol. The van der Waals surface area contributed by atoms with Gasteiger partial charge in [0, 0.05) is 16.4 Å². The lowest BCUT2D eigenvalue weighted by Gasteiger charge is -2.23. The Kier molecular flexibility index (Phi) is 4.05. The zero-order chi connectivity index (χ0) is 11.5. The van der Waals surface area contributed by atoms with Crippen LogP contribution in [0.1, 0.15) is 12.5 Å². The second kappa shape index (κ2) is 4.90. The summed E-state index contributed by atoms with van der Waals surface area (Å²) in [6.45, 7) is 6.17. The van der Waals surface area contributed by atoms with E-state index >= 15 is 0 Å². The minimum Gasteiger partial charge on any atom is -0.330 e. The van der Waals surface area contributed by atoms with Crippen LogP contribution in [0.5, 0.6) is 0 Å². The van der Waals surface area contributed by atoms with Crippen molar-refractivity contribution in [2.24, 2.45) is 11.1 Å². The standard InChI is InChI=1S/C12H15BrFN/c1-3-12(2,8-15)7-9-4-5-10(13)6-11(9)14/h3-6H,1,7-8,15H2,2H3. The van der Waals surface area contributed by atoms with Gasteiger partial charge in [-0.1, -0.05) is 35.0 Å². The van der Waals surface area contributed by atoms with Crippen LogP contribution in [0, 0.1) is 11.2 Å². The molecule has 0 bridgehead atoms. The van der Waals surface area contributed by atoms with Crippen LogP contribution in [0.25, 0.3) is 0 Å². The predicted octanol–water partition coefficient (Wildman–Crippen LogP) is 3.28. The van der Waals surface area contributed by atoms with E-state index in [1.165, 1.54) is 6.07 Å². The molecule has 3 heteroatoms. The molecule has 0 aliphatic rings. The number of hydrogen-bond donors (Lipinski definition) is 1. The van der Waals surface area contributed by atoms with Crippen LogP contribution < -0.4 is 5.73 Å². The number of halogens is 2. The first kappa shape index (κ1) is 12.4. The van der Waals surface area contributed by atoms with Crippen molar-refractivity contribution in [2.45, 2.75) is 13.3 Å². The van der Waals surface area contributed by atoms with Crippen molar-refractivity contribution in [2.75, 3.05) is 6.54 Å². The van der Waals surface area contributed by atoms with Crippen LogP contribution in [-0.2, 0) is 6.42 Å². The molecule has 1 rings (SSSR count). The molecule has 2 N–H and O–H groups in total. The highest BCUT2D eigenvalue weighted by Gasteiger charge is 2.20. The molecule has 0 aromatic heterocycles. The molecule has 15 heavy (non-hydrogen) atoms. The molecule has 0 spiro atoms. The highest BCUT2D eigenvalue weighted by atomic mass is 79.9. The zero-order valence-corrected chi connectivity index (χ0v) is 10.3. The lowest BCUT2D eigenvalue weighted by atomic mass is 9.84. The molecule has 1 aromatic rings. The monoisotopic (exact) mass is 271 g/mol. The Morgan fingerprint density at radius 3 is 2.73 bits per heavy atom. The SMILES string of the molecule is C=CC(C)(CN)Cc1ccc(Br)cc1F. The van der Waals surface area contributed by atoms with Gasteiger partial charge in [0.15, 0.2) is 0 Å². The van der Waals surface area contributed by atoms with Gasteiger partial charge < -0.3 is 5.73 Å². The van der Waals surface area contributed by atoms with Crippen molar-refractivity contribution in [1.82, 2.24) is 0 Å². The summed E-state index contributed by atoms with van der Waals surface area (Å²) >= 11 is 3.23. The molecule has 0 radical (unpaired) electrons. The normalized spacial score (nSPS) is 14.7. The summed E-state index contributed by atoms with van der Waals surface area (Å²) < 4.78 is 14.3. The second-order valence-corrected chi connectivity index (χ2v) is 4.89. The van der Waals surface area contributed by atoms with E-state index in [9.17, 15) is 4.39 Å². The molecule has 0 aliphatic heterocycles. The molecular weight excluding hydrogens is 257 g/mol. The highest BCUT2D eigenvalue weighted by Crippen LogP contribution is 2.25. The van der Waals surface area contributed by atoms with Gasteiger partial charge in [-0.05, 0) is 24.1 Å². The highest BCUT2D eigenvalue weighted by molar-refractivity contribution is 9.10. The van der Waals surface area contributed by atoms with Crippen molar-refractivity contribution in [3.05, 3.63) is 46.7 Å². The van der Waals surface area contributed by atoms with Crippen molar-refractivity contribution in [3.8, 4) is 0 Å². The molecule has 0 heterocycles. The number of rotatable bonds is 4. The van der Waals surface area contributed by atoms with Crippen LogP contribution in [0.3, 0.4) is 0 Å². The topological polar surface area (TPSA) is 26.0 Å². The average molecular weight is 272 g/mol. The molecule has 0 amide bonds. The first-order valence-corrected chi connectivity index (χ1v) is 5.57. The summed E-state index contributed by atoms with van der Waals surface area (Å²) in [6.07, 6.45) is 2.36. The van der Waals surface area contributed by atoms with E-state index in [0.29, 0.717) is 18.5 Å². The van der Waals surface area contributed by atoms with Crippen molar-refractivity contribution in [1.29, 1.82) is 0 Å². The third-order valence-corrected chi connectivity index (χ3v) is 3.06. The summed E-state index contributed by atoms with van der Waals surface area (Å²) in [7, 11) is 0. The molecular formula is C12H15BrFN. The van der Waals surface area contributed by atoms with Crippen LogP contribution in [0.4, 0.5) is 4.39 Å². The van der Waals surface area contributed by atoms with E-state index in [4.69, 9.17) is 5.73 Å². The largest absolute Gasteiger partial charge is 0.330 e. The van der Waals surface area contributed by atoms with Gasteiger partial charge in [-0.2, -0.15) is 0 Å². The summed E-state index contributed by atoms with van der Waals surface area (Å²) in [4.78, 5) is 0. The minimum atomic E-state index is -0.241.